The Kier molecular flexibility index (Phi) is 6.24. The first-order valence-electron chi connectivity index (χ1n) is 14.5. The average Bonchev–Trinajstić information content (AvgIpc) is 3.29. The molecule has 0 bridgehead atoms. The Hall–Kier alpha value is -0.570. The minimum absolute atomic E-state index is 0.152. The highest BCUT2D eigenvalue weighted by atomic mass is 16.8. The van der Waals surface area contributed by atoms with E-state index in [4.69, 9.17) is 9.47 Å². The summed E-state index contributed by atoms with van der Waals surface area (Å²) in [7, 11) is 0. The summed E-state index contributed by atoms with van der Waals surface area (Å²) in [6.07, 6.45) is 16.1. The zero-order chi connectivity index (χ0) is 23.6. The van der Waals surface area contributed by atoms with Gasteiger partial charge in [0.25, 0.3) is 0 Å². The zero-order valence-corrected chi connectivity index (χ0v) is 22.3. The van der Waals surface area contributed by atoms with E-state index in [1.807, 2.05) is 0 Å². The highest BCUT2D eigenvalue weighted by Gasteiger charge is 2.67. The molecule has 0 N–H and O–H groups in total. The maximum Gasteiger partial charge on any atom is 0.305 e. The molecule has 1 saturated heterocycles. The normalized spacial score (nSPS) is 49.3. The van der Waals surface area contributed by atoms with E-state index in [1.54, 1.807) is 0 Å². The third kappa shape index (κ3) is 4.01. The number of hydrogen-bond acceptors (Lipinski definition) is 3. The first kappa shape index (κ1) is 24.1. The molecule has 3 heteroatoms. The van der Waals surface area contributed by atoms with Crippen molar-refractivity contribution in [3.63, 3.8) is 0 Å². The van der Waals surface area contributed by atoms with Crippen molar-refractivity contribution < 1.29 is 14.3 Å². The lowest BCUT2D eigenvalue weighted by Gasteiger charge is -2.59. The smallest absolute Gasteiger partial charge is 0.305 e. The molecule has 0 aromatic carbocycles. The Labute approximate surface area is 203 Å². The second-order valence-electron chi connectivity index (χ2n) is 13.9. The largest absolute Gasteiger partial charge is 0.430 e. The number of esters is 1. The molecular weight excluding hydrogens is 408 g/mol. The van der Waals surface area contributed by atoms with Crippen LogP contribution in [0, 0.1) is 52.3 Å². The van der Waals surface area contributed by atoms with Crippen molar-refractivity contribution in [3.05, 3.63) is 0 Å². The molecule has 0 spiro atoms. The van der Waals surface area contributed by atoms with E-state index in [-0.39, 0.29) is 12.1 Å². The molecular formula is C30H50O3. The SMILES string of the molecule is CC(=O)O[C@@]12C[C@@H]3CC[C@H]4[C@@H](CC[C@@]5(C)[C@H]4CC[C@H]5[C@H](C)CCCC(C)C)[C@@]3(C)CC[C@H]1O2. The van der Waals surface area contributed by atoms with Crippen LogP contribution < -0.4 is 0 Å². The van der Waals surface area contributed by atoms with Gasteiger partial charge in [-0.05, 0) is 104 Å². The molecule has 188 valence electrons. The van der Waals surface area contributed by atoms with Crippen LogP contribution >= 0.6 is 0 Å². The Bertz CT molecular complexity index is 747. The fraction of sp³-hybridized carbons (Fsp3) is 0.967. The first-order valence-corrected chi connectivity index (χ1v) is 14.5. The summed E-state index contributed by atoms with van der Waals surface area (Å²) in [6, 6.07) is 0. The molecule has 5 rings (SSSR count). The lowest BCUT2D eigenvalue weighted by atomic mass is 9.45. The van der Waals surface area contributed by atoms with Crippen LogP contribution in [0.1, 0.15) is 119 Å². The number of epoxide rings is 1. The van der Waals surface area contributed by atoms with Crippen LogP contribution in [0.3, 0.4) is 0 Å². The third-order valence-electron chi connectivity index (χ3n) is 11.8. The Morgan fingerprint density at radius 2 is 1.67 bits per heavy atom. The topological polar surface area (TPSA) is 38.8 Å². The van der Waals surface area contributed by atoms with Crippen LogP contribution in [-0.4, -0.2) is 17.9 Å². The van der Waals surface area contributed by atoms with Crippen LogP contribution in [0.4, 0.5) is 0 Å². The van der Waals surface area contributed by atoms with Crippen LogP contribution in [0.25, 0.3) is 0 Å². The van der Waals surface area contributed by atoms with E-state index >= 15 is 0 Å². The molecule has 5 aliphatic rings. The van der Waals surface area contributed by atoms with Gasteiger partial charge in [0.15, 0.2) is 0 Å². The number of carbonyl (C=O) groups excluding carboxylic acids is 1. The predicted molar refractivity (Wildman–Crippen MR) is 132 cm³/mol. The van der Waals surface area contributed by atoms with Crippen molar-refractivity contribution in [2.24, 2.45) is 52.3 Å². The van der Waals surface area contributed by atoms with Crippen molar-refractivity contribution in [1.29, 1.82) is 0 Å². The van der Waals surface area contributed by atoms with Gasteiger partial charge in [-0.3, -0.25) is 4.79 Å². The second kappa shape index (κ2) is 8.52. The van der Waals surface area contributed by atoms with Gasteiger partial charge >= 0.3 is 5.97 Å². The van der Waals surface area contributed by atoms with Crippen molar-refractivity contribution in [2.75, 3.05) is 0 Å². The maximum atomic E-state index is 11.8. The summed E-state index contributed by atoms with van der Waals surface area (Å²) < 4.78 is 11.8. The molecule has 4 saturated carbocycles. The van der Waals surface area contributed by atoms with E-state index in [2.05, 4.69) is 34.6 Å². The monoisotopic (exact) mass is 458 g/mol. The van der Waals surface area contributed by atoms with Gasteiger partial charge in [0.2, 0.25) is 5.79 Å². The Balaban J connectivity index is 1.29. The molecule has 1 heterocycles. The molecule has 0 aromatic rings. The molecule has 1 aliphatic heterocycles. The van der Waals surface area contributed by atoms with E-state index in [0.29, 0.717) is 16.7 Å². The van der Waals surface area contributed by atoms with E-state index in [1.165, 1.54) is 71.1 Å². The Morgan fingerprint density at radius 1 is 0.939 bits per heavy atom. The van der Waals surface area contributed by atoms with Gasteiger partial charge in [0.1, 0.15) is 6.10 Å². The van der Waals surface area contributed by atoms with Gasteiger partial charge in [-0.25, -0.2) is 0 Å². The molecule has 33 heavy (non-hydrogen) atoms. The van der Waals surface area contributed by atoms with E-state index < -0.39 is 5.79 Å². The minimum Gasteiger partial charge on any atom is -0.430 e. The first-order chi connectivity index (χ1) is 15.6. The number of carbonyl (C=O) groups is 1. The predicted octanol–water partition coefficient (Wildman–Crippen LogP) is 7.77. The molecule has 3 nitrogen and oxygen atoms in total. The summed E-state index contributed by atoms with van der Waals surface area (Å²) in [6.45, 7) is 14.2. The van der Waals surface area contributed by atoms with Crippen molar-refractivity contribution in [1.82, 2.24) is 0 Å². The van der Waals surface area contributed by atoms with Gasteiger partial charge in [-0.15, -0.1) is 0 Å². The summed E-state index contributed by atoms with van der Waals surface area (Å²) in [5.74, 6) is 5.25. The van der Waals surface area contributed by atoms with Crippen LogP contribution in [0.15, 0.2) is 0 Å². The van der Waals surface area contributed by atoms with E-state index in [0.717, 1.165) is 48.3 Å². The van der Waals surface area contributed by atoms with Crippen LogP contribution in [0.2, 0.25) is 0 Å². The van der Waals surface area contributed by atoms with Crippen LogP contribution in [0.5, 0.6) is 0 Å². The standard InChI is InChI=1S/C30H50O3/c1-19(2)8-7-9-20(3)24-12-13-25-23-11-10-22-18-30(32-21(4)31)27(33-30)15-17-28(22,5)26(23)14-16-29(24,25)6/h19-20,22-27H,7-18H2,1-6H3/t20-,22+,23-,24+,25+,26-,27-,28+,29-,30-/m1/s1. The molecule has 10 atom stereocenters. The van der Waals surface area contributed by atoms with Gasteiger partial charge < -0.3 is 9.47 Å². The molecule has 0 aromatic heterocycles. The molecule has 5 fully saturated rings. The average molecular weight is 459 g/mol. The lowest BCUT2D eigenvalue weighted by molar-refractivity contribution is -0.163. The van der Waals surface area contributed by atoms with Crippen molar-refractivity contribution in [2.45, 2.75) is 130 Å². The van der Waals surface area contributed by atoms with Gasteiger partial charge in [0, 0.05) is 13.3 Å². The number of ether oxygens (including phenoxy) is 2. The van der Waals surface area contributed by atoms with E-state index in [9.17, 15) is 4.79 Å². The summed E-state index contributed by atoms with van der Waals surface area (Å²) in [4.78, 5) is 11.8. The third-order valence-corrected chi connectivity index (χ3v) is 11.8. The second-order valence-corrected chi connectivity index (χ2v) is 13.9. The Morgan fingerprint density at radius 3 is 2.39 bits per heavy atom. The lowest BCUT2D eigenvalue weighted by Crippen LogP contribution is -2.52. The molecule has 0 amide bonds. The number of rotatable bonds is 6. The fourth-order valence-corrected chi connectivity index (χ4v) is 10.1. The minimum atomic E-state index is -0.575. The number of hydrogen-bond donors (Lipinski definition) is 0. The van der Waals surface area contributed by atoms with Crippen LogP contribution in [-0.2, 0) is 14.3 Å². The summed E-state index contributed by atoms with van der Waals surface area (Å²) in [5.41, 5.74) is 0.964. The van der Waals surface area contributed by atoms with Gasteiger partial charge in [-0.1, -0.05) is 53.9 Å². The quantitative estimate of drug-likeness (QED) is 0.301. The number of fused-ring (bicyclic) bond motifs is 6. The van der Waals surface area contributed by atoms with Gasteiger partial charge in [-0.2, -0.15) is 0 Å². The summed E-state index contributed by atoms with van der Waals surface area (Å²) >= 11 is 0. The highest BCUT2D eigenvalue weighted by molar-refractivity contribution is 5.66. The fourth-order valence-electron chi connectivity index (χ4n) is 10.1. The molecule has 0 unspecified atom stereocenters. The van der Waals surface area contributed by atoms with Crippen molar-refractivity contribution >= 4 is 5.97 Å². The molecule has 4 aliphatic carbocycles. The maximum absolute atomic E-state index is 11.8. The van der Waals surface area contributed by atoms with Crippen molar-refractivity contribution in [3.8, 4) is 0 Å². The van der Waals surface area contributed by atoms with Gasteiger partial charge in [0.05, 0.1) is 0 Å². The highest BCUT2D eigenvalue weighted by Crippen LogP contribution is 2.69. The zero-order valence-electron chi connectivity index (χ0n) is 22.3. The molecule has 0 radical (unpaired) electrons. The summed E-state index contributed by atoms with van der Waals surface area (Å²) in [5, 5.41) is 0.